The molecule has 5 nitrogen and oxygen atoms in total. The predicted octanol–water partition coefficient (Wildman–Crippen LogP) is 10.8. The van der Waals surface area contributed by atoms with Crippen LogP contribution in [0.15, 0.2) is 87.2 Å². The Balaban J connectivity index is 1.11. The molecule has 0 saturated heterocycles. The Morgan fingerprint density at radius 2 is 1.77 bits per heavy atom. The topological polar surface area (TPSA) is 83.6 Å². The molecule has 11 heteroatoms. The van der Waals surface area contributed by atoms with Crippen molar-refractivity contribution >= 4 is 50.7 Å². The van der Waals surface area contributed by atoms with Crippen LogP contribution in [-0.4, -0.2) is 38.4 Å². The van der Waals surface area contributed by atoms with E-state index in [1.165, 1.54) is 18.2 Å². The number of thiazole rings is 1. The van der Waals surface area contributed by atoms with Crippen LogP contribution in [0.4, 0.5) is 13.2 Å². The van der Waals surface area contributed by atoms with E-state index in [9.17, 15) is 28.2 Å². The second kappa shape index (κ2) is 11.6. The Morgan fingerprint density at radius 1 is 1.02 bits per heavy atom. The van der Waals surface area contributed by atoms with Crippen LogP contribution < -0.4 is 0 Å². The van der Waals surface area contributed by atoms with Crippen molar-refractivity contribution in [2.24, 2.45) is 33.5 Å². The molecule has 6 aliphatic rings. The number of carbonyl (C=O) groups is 1. The standard InChI is InChI=1S/C41H39ClF3NO4S2/c1-36-14-11-24(47)20-38(36)17-18-40(26(21-38)34(48)30-10-9-29(50-30)25-19-23(41(43,44)45)7-8-27(25)42)32(36)12-15-37(2)33(40)13-16-39(37,49)22-51-35-46-28-5-3-4-6-31(28)52-35/h3-10,17-19,21,24,32-33,47,49H,11-16,20,22H2,1-2H3/t24?,32-,33-,36-,37+,38+,39-,40-/m1/s1. The number of aromatic nitrogens is 1. The van der Waals surface area contributed by atoms with Crippen LogP contribution in [0.5, 0.6) is 0 Å². The molecule has 4 aromatic rings. The molecule has 52 heavy (non-hydrogen) atoms. The van der Waals surface area contributed by atoms with Crippen molar-refractivity contribution in [2.45, 2.75) is 81.0 Å². The zero-order valence-electron chi connectivity index (χ0n) is 28.8. The molecule has 6 aliphatic carbocycles. The average molecular weight is 766 g/mol. The molecule has 0 aliphatic heterocycles. The highest BCUT2D eigenvalue weighted by atomic mass is 35.5. The molecular weight excluding hydrogens is 727 g/mol. The number of alkyl halides is 3. The van der Waals surface area contributed by atoms with E-state index < -0.39 is 39.7 Å². The Kier molecular flexibility index (Phi) is 7.75. The fourth-order valence-electron chi connectivity index (χ4n) is 11.3. The second-order valence-electron chi connectivity index (χ2n) is 16.2. The normalized spacial score (nSPS) is 36.4. The summed E-state index contributed by atoms with van der Waals surface area (Å²) in [6.07, 6.45) is 6.49. The number of aliphatic hydroxyl groups excluding tert-OH is 1. The van der Waals surface area contributed by atoms with Gasteiger partial charge in [0.2, 0.25) is 5.78 Å². The zero-order valence-corrected chi connectivity index (χ0v) is 31.2. The molecule has 2 bridgehead atoms. The highest BCUT2D eigenvalue weighted by Gasteiger charge is 2.74. The molecule has 2 N–H and O–H groups in total. The van der Waals surface area contributed by atoms with Gasteiger partial charge in [-0.2, -0.15) is 13.2 Å². The smallest absolute Gasteiger partial charge is 0.416 e. The first-order valence-corrected chi connectivity index (χ1v) is 20.1. The highest BCUT2D eigenvalue weighted by molar-refractivity contribution is 8.01. The third-order valence-corrected chi connectivity index (χ3v) is 16.8. The SMILES string of the molecule is C[C@]12CC[C@H]3[C@]4(C=C[C@@]5(C=C4C(=O)c4ccc(-c6cc(C(F)(F)F)ccc6Cl)o4)CC(O)CC[C@]35C)[C@@H]1CC[C@@]2(O)CSc1nc2ccccc2s1. The van der Waals surface area contributed by atoms with E-state index in [0.29, 0.717) is 30.6 Å². The maximum Gasteiger partial charge on any atom is 0.416 e. The first kappa shape index (κ1) is 34.9. The van der Waals surface area contributed by atoms with Gasteiger partial charge in [0.15, 0.2) is 10.1 Å². The minimum Gasteiger partial charge on any atom is -0.453 e. The number of allylic oxidation sites excluding steroid dienone is 4. The van der Waals surface area contributed by atoms with E-state index in [1.54, 1.807) is 23.1 Å². The molecule has 0 radical (unpaired) electrons. The van der Waals surface area contributed by atoms with Crippen LogP contribution in [0.1, 0.15) is 74.9 Å². The number of rotatable bonds is 6. The van der Waals surface area contributed by atoms with E-state index in [0.717, 1.165) is 52.4 Å². The van der Waals surface area contributed by atoms with Gasteiger partial charge < -0.3 is 14.6 Å². The number of nitrogens with zero attached hydrogens (tertiary/aromatic N) is 1. The number of ketones is 1. The molecular formula is C41H39ClF3NO4S2. The molecule has 3 saturated carbocycles. The maximum absolute atomic E-state index is 15.0. The van der Waals surface area contributed by atoms with E-state index in [4.69, 9.17) is 21.0 Å². The van der Waals surface area contributed by atoms with Crippen molar-refractivity contribution < 1.29 is 32.6 Å². The fourth-order valence-corrected chi connectivity index (χ4v) is 13.9. The number of carbonyl (C=O) groups excluding carboxylic acids is 1. The zero-order chi connectivity index (χ0) is 36.5. The van der Waals surface area contributed by atoms with Crippen LogP contribution >= 0.6 is 34.7 Å². The number of fused-ring (bicyclic) bond motifs is 2. The van der Waals surface area contributed by atoms with Crippen LogP contribution in [0.25, 0.3) is 21.5 Å². The van der Waals surface area contributed by atoms with Crippen LogP contribution in [0.3, 0.4) is 0 Å². The minimum atomic E-state index is -4.57. The van der Waals surface area contributed by atoms with Crippen molar-refractivity contribution in [1.82, 2.24) is 4.98 Å². The molecule has 10 rings (SSSR count). The van der Waals surface area contributed by atoms with Gasteiger partial charge in [-0.3, -0.25) is 4.79 Å². The van der Waals surface area contributed by atoms with E-state index >= 15 is 0 Å². The summed E-state index contributed by atoms with van der Waals surface area (Å²) < 4.78 is 49.0. The van der Waals surface area contributed by atoms with Crippen LogP contribution in [0.2, 0.25) is 5.02 Å². The number of thioether (sulfide) groups is 1. The summed E-state index contributed by atoms with van der Waals surface area (Å²) in [5.74, 6) is 0.326. The molecule has 2 heterocycles. The quantitative estimate of drug-likeness (QED) is 0.116. The number of hydrogen-bond acceptors (Lipinski definition) is 7. The summed E-state index contributed by atoms with van der Waals surface area (Å²) in [5.41, 5.74) is -2.20. The molecule has 2 spiro atoms. The lowest BCUT2D eigenvalue weighted by atomic mass is 9.32. The second-order valence-corrected chi connectivity index (χ2v) is 18.9. The molecule has 8 atom stereocenters. The van der Waals surface area contributed by atoms with Gasteiger partial charge in [0.05, 0.1) is 32.5 Å². The van der Waals surface area contributed by atoms with Gasteiger partial charge >= 0.3 is 6.18 Å². The van der Waals surface area contributed by atoms with Crippen LogP contribution in [-0.2, 0) is 6.18 Å². The van der Waals surface area contributed by atoms with Gasteiger partial charge in [-0.1, -0.05) is 67.6 Å². The number of hydrogen-bond donors (Lipinski definition) is 2. The van der Waals surface area contributed by atoms with E-state index in [1.807, 2.05) is 18.2 Å². The lowest BCUT2D eigenvalue weighted by Gasteiger charge is -2.71. The molecule has 2 aromatic heterocycles. The summed E-state index contributed by atoms with van der Waals surface area (Å²) in [5, 5.41) is 23.8. The monoisotopic (exact) mass is 765 g/mol. The Labute approximate surface area is 313 Å². The van der Waals surface area contributed by atoms with Gasteiger partial charge in [0.1, 0.15) is 5.76 Å². The van der Waals surface area contributed by atoms with Gasteiger partial charge in [-0.25, -0.2) is 4.98 Å². The van der Waals surface area contributed by atoms with Crippen LogP contribution in [0, 0.1) is 33.5 Å². The molecule has 3 fully saturated rings. The first-order valence-electron chi connectivity index (χ1n) is 18.0. The van der Waals surface area contributed by atoms with E-state index in [2.05, 4.69) is 38.1 Å². The average Bonchev–Trinajstić information content (AvgIpc) is 3.83. The molecule has 0 amide bonds. The number of benzene rings is 2. The van der Waals surface area contributed by atoms with Crippen molar-refractivity contribution in [3.05, 3.63) is 94.7 Å². The Bertz CT molecular complexity index is 2160. The lowest BCUT2D eigenvalue weighted by Crippen LogP contribution is -2.67. The van der Waals surface area contributed by atoms with E-state index in [-0.39, 0.29) is 45.1 Å². The third kappa shape index (κ3) is 4.76. The fraction of sp³-hybridized carbons (Fsp3) is 0.463. The van der Waals surface area contributed by atoms with Gasteiger partial charge in [-0.05, 0) is 105 Å². The number of Topliss-reactive ketones (excluding diaryl/α,β-unsaturated/α-hetero) is 1. The largest absolute Gasteiger partial charge is 0.453 e. The molecule has 1 unspecified atom stereocenters. The number of halogens is 4. The van der Waals surface area contributed by atoms with Crippen molar-refractivity contribution in [3.8, 4) is 11.3 Å². The first-order chi connectivity index (χ1) is 24.6. The molecule has 272 valence electrons. The summed E-state index contributed by atoms with van der Waals surface area (Å²) in [6.45, 7) is 4.53. The minimum absolute atomic E-state index is 0.0326. The Morgan fingerprint density at radius 3 is 2.56 bits per heavy atom. The van der Waals surface area contributed by atoms with Gasteiger partial charge in [0, 0.05) is 33.1 Å². The van der Waals surface area contributed by atoms with Crippen molar-refractivity contribution in [1.29, 1.82) is 0 Å². The van der Waals surface area contributed by atoms with Gasteiger partial charge in [0.25, 0.3) is 0 Å². The predicted molar refractivity (Wildman–Crippen MR) is 197 cm³/mol. The maximum atomic E-state index is 15.0. The van der Waals surface area contributed by atoms with Crippen molar-refractivity contribution in [2.75, 3.05) is 5.75 Å². The Hall–Kier alpha value is -2.89. The summed E-state index contributed by atoms with van der Waals surface area (Å²) in [7, 11) is 0. The molecule has 2 aromatic carbocycles. The van der Waals surface area contributed by atoms with Crippen molar-refractivity contribution in [3.63, 3.8) is 0 Å². The van der Waals surface area contributed by atoms with Gasteiger partial charge in [-0.15, -0.1) is 11.3 Å². The summed E-state index contributed by atoms with van der Waals surface area (Å²) >= 11 is 9.60. The number of aliphatic hydroxyl groups is 2. The number of para-hydroxylation sites is 1. The lowest BCUT2D eigenvalue weighted by molar-refractivity contribution is -0.166. The summed E-state index contributed by atoms with van der Waals surface area (Å²) in [6, 6.07) is 14.1. The summed E-state index contributed by atoms with van der Waals surface area (Å²) in [4.78, 5) is 19.8. The highest BCUT2D eigenvalue weighted by Crippen LogP contribution is 2.78. The number of furan rings is 1. The third-order valence-electron chi connectivity index (χ3n) is 14.1.